The summed E-state index contributed by atoms with van der Waals surface area (Å²) >= 11 is 1.33. The van der Waals surface area contributed by atoms with Crippen LogP contribution in [-0.4, -0.2) is 17.3 Å². The quantitative estimate of drug-likeness (QED) is 0.727. The molecule has 1 saturated carbocycles. The SMILES string of the molecule is C=C1/C=C\C=NSC(c2ccc(-c3ccc(C4(C(=O)O)CC4)cc3)cc2)=C1N. The molecular weight excluding hydrogens is 368 g/mol. The maximum atomic E-state index is 11.5. The van der Waals surface area contributed by atoms with E-state index in [0.29, 0.717) is 18.5 Å². The van der Waals surface area contributed by atoms with Crippen molar-refractivity contribution in [2.45, 2.75) is 18.3 Å². The van der Waals surface area contributed by atoms with Crippen molar-refractivity contribution < 1.29 is 9.90 Å². The van der Waals surface area contributed by atoms with Gasteiger partial charge in [0.15, 0.2) is 0 Å². The molecule has 0 aromatic heterocycles. The third kappa shape index (κ3) is 3.29. The molecule has 3 N–H and O–H groups in total. The number of allylic oxidation sites excluding steroid dienone is 2. The number of aliphatic carboxylic acids is 1. The Morgan fingerprint density at radius 1 is 1.04 bits per heavy atom. The number of nitrogens with zero attached hydrogens (tertiary/aromatic N) is 1. The molecule has 0 atom stereocenters. The fraction of sp³-hybridized carbons (Fsp3) is 0.130. The highest BCUT2D eigenvalue weighted by molar-refractivity contribution is 8.07. The van der Waals surface area contributed by atoms with Crippen LogP contribution in [0.3, 0.4) is 0 Å². The van der Waals surface area contributed by atoms with Gasteiger partial charge in [0.05, 0.1) is 16.0 Å². The summed E-state index contributed by atoms with van der Waals surface area (Å²) in [5.41, 5.74) is 10.9. The molecule has 1 aliphatic heterocycles. The molecule has 0 radical (unpaired) electrons. The number of carboxylic acid groups (broad SMARTS) is 1. The topological polar surface area (TPSA) is 75.7 Å². The van der Waals surface area contributed by atoms with Gasteiger partial charge in [-0.1, -0.05) is 61.2 Å². The second-order valence-corrected chi connectivity index (χ2v) is 7.82. The minimum atomic E-state index is -0.730. The number of carboxylic acids is 1. The lowest BCUT2D eigenvalue weighted by molar-refractivity contribution is -0.140. The van der Waals surface area contributed by atoms with Crippen LogP contribution < -0.4 is 5.73 Å². The summed E-state index contributed by atoms with van der Waals surface area (Å²) in [5, 5.41) is 9.44. The highest BCUT2D eigenvalue weighted by Gasteiger charge is 2.51. The third-order valence-electron chi connectivity index (χ3n) is 5.26. The number of benzene rings is 2. The molecule has 1 fully saturated rings. The molecule has 0 bridgehead atoms. The molecule has 28 heavy (non-hydrogen) atoms. The number of nitrogens with two attached hydrogens (primary N) is 1. The van der Waals surface area contributed by atoms with Gasteiger partial charge in [-0.05, 0) is 46.7 Å². The van der Waals surface area contributed by atoms with Gasteiger partial charge in [0.2, 0.25) is 0 Å². The van der Waals surface area contributed by atoms with Crippen LogP contribution in [0.5, 0.6) is 0 Å². The van der Waals surface area contributed by atoms with Gasteiger partial charge in [-0.15, -0.1) is 0 Å². The summed E-state index contributed by atoms with van der Waals surface area (Å²) in [6.07, 6.45) is 6.82. The minimum Gasteiger partial charge on any atom is -0.481 e. The van der Waals surface area contributed by atoms with Gasteiger partial charge in [-0.2, -0.15) is 0 Å². The van der Waals surface area contributed by atoms with Crippen LogP contribution in [0.25, 0.3) is 16.0 Å². The van der Waals surface area contributed by atoms with Crippen LogP contribution in [0.15, 0.2) is 82.9 Å². The maximum absolute atomic E-state index is 11.5. The lowest BCUT2D eigenvalue weighted by atomic mass is 9.93. The Bertz CT molecular complexity index is 1030. The van der Waals surface area contributed by atoms with Crippen LogP contribution >= 0.6 is 11.9 Å². The highest BCUT2D eigenvalue weighted by atomic mass is 32.2. The van der Waals surface area contributed by atoms with E-state index >= 15 is 0 Å². The molecule has 2 aliphatic rings. The lowest BCUT2D eigenvalue weighted by Gasteiger charge is -2.13. The van der Waals surface area contributed by atoms with Crippen molar-refractivity contribution in [2.24, 2.45) is 10.1 Å². The lowest BCUT2D eigenvalue weighted by Crippen LogP contribution is -2.19. The number of rotatable bonds is 4. The van der Waals surface area contributed by atoms with E-state index in [1.807, 2.05) is 60.7 Å². The molecule has 0 spiro atoms. The van der Waals surface area contributed by atoms with Crippen LogP contribution in [0.4, 0.5) is 0 Å². The van der Waals surface area contributed by atoms with Gasteiger partial charge in [-0.25, -0.2) is 4.40 Å². The zero-order valence-corrected chi connectivity index (χ0v) is 16.1. The van der Waals surface area contributed by atoms with Gasteiger partial charge in [0.1, 0.15) is 0 Å². The van der Waals surface area contributed by atoms with E-state index in [0.717, 1.165) is 32.7 Å². The second kappa shape index (κ2) is 7.17. The molecule has 140 valence electrons. The number of hydrogen-bond acceptors (Lipinski definition) is 4. The van der Waals surface area contributed by atoms with E-state index in [-0.39, 0.29) is 0 Å². The second-order valence-electron chi connectivity index (χ2n) is 7.01. The Morgan fingerprint density at radius 3 is 2.18 bits per heavy atom. The van der Waals surface area contributed by atoms with Crippen molar-refractivity contribution in [2.75, 3.05) is 0 Å². The van der Waals surface area contributed by atoms with Crippen LogP contribution in [-0.2, 0) is 10.2 Å². The summed E-state index contributed by atoms with van der Waals surface area (Å²) in [4.78, 5) is 12.4. The van der Waals surface area contributed by atoms with Crippen LogP contribution in [0.1, 0.15) is 24.0 Å². The molecule has 0 amide bonds. The highest BCUT2D eigenvalue weighted by Crippen LogP contribution is 2.48. The molecule has 1 aliphatic carbocycles. The molecule has 4 nitrogen and oxygen atoms in total. The Labute approximate surface area is 168 Å². The van der Waals surface area contributed by atoms with Crippen molar-refractivity contribution in [3.63, 3.8) is 0 Å². The van der Waals surface area contributed by atoms with Crippen molar-refractivity contribution in [1.29, 1.82) is 0 Å². The normalized spacial score (nSPS) is 19.1. The zero-order valence-electron chi connectivity index (χ0n) is 15.3. The summed E-state index contributed by atoms with van der Waals surface area (Å²) in [6.45, 7) is 4.00. The smallest absolute Gasteiger partial charge is 0.314 e. The molecule has 2 aromatic rings. The van der Waals surface area contributed by atoms with E-state index in [2.05, 4.69) is 11.0 Å². The molecule has 0 saturated heterocycles. The fourth-order valence-corrected chi connectivity index (χ4v) is 4.02. The van der Waals surface area contributed by atoms with E-state index < -0.39 is 11.4 Å². The van der Waals surface area contributed by atoms with E-state index in [1.54, 1.807) is 6.21 Å². The average Bonchev–Trinajstić information content (AvgIpc) is 3.52. The monoisotopic (exact) mass is 388 g/mol. The summed E-state index contributed by atoms with van der Waals surface area (Å²) < 4.78 is 4.28. The molecule has 5 heteroatoms. The van der Waals surface area contributed by atoms with Crippen molar-refractivity contribution in [3.05, 3.63) is 89.7 Å². The Morgan fingerprint density at radius 2 is 1.61 bits per heavy atom. The first-order chi connectivity index (χ1) is 13.5. The Hall–Kier alpha value is -3.05. The average molecular weight is 388 g/mol. The zero-order chi connectivity index (χ0) is 19.7. The standard InChI is InChI=1S/C23H20N2O2S/c1-15-3-2-14-25-28-21(20(15)24)18-6-4-16(5-7-18)17-8-10-19(11-9-17)23(12-13-23)22(26)27/h2-11,14H,1,12-13,24H2,(H,26,27)/b3-2-,21-20?,25-14?. The maximum Gasteiger partial charge on any atom is 0.314 e. The van der Waals surface area contributed by atoms with Crippen LogP contribution in [0.2, 0.25) is 0 Å². The van der Waals surface area contributed by atoms with Crippen molar-refractivity contribution in [1.82, 2.24) is 0 Å². The number of carbonyl (C=O) groups is 1. The summed E-state index contributed by atoms with van der Waals surface area (Å²) in [6, 6.07) is 16.0. The van der Waals surface area contributed by atoms with E-state index in [9.17, 15) is 9.90 Å². The molecule has 1 heterocycles. The number of hydrogen-bond donors (Lipinski definition) is 2. The molecule has 4 rings (SSSR count). The van der Waals surface area contributed by atoms with Crippen molar-refractivity contribution in [3.8, 4) is 11.1 Å². The van der Waals surface area contributed by atoms with Crippen LogP contribution in [0, 0.1) is 0 Å². The first-order valence-corrected chi connectivity index (χ1v) is 9.79. The Balaban J connectivity index is 1.60. The molecular formula is C23H20N2O2S. The largest absolute Gasteiger partial charge is 0.481 e. The van der Waals surface area contributed by atoms with E-state index in [4.69, 9.17) is 5.73 Å². The molecule has 0 unspecified atom stereocenters. The molecule has 2 aromatic carbocycles. The third-order valence-corrected chi connectivity index (χ3v) is 6.12. The van der Waals surface area contributed by atoms with Crippen molar-refractivity contribution >= 4 is 29.0 Å². The van der Waals surface area contributed by atoms with Gasteiger partial charge >= 0.3 is 5.97 Å². The summed E-state index contributed by atoms with van der Waals surface area (Å²) in [5.74, 6) is -0.730. The summed E-state index contributed by atoms with van der Waals surface area (Å²) in [7, 11) is 0. The van der Waals surface area contributed by atoms with Gasteiger partial charge in [0, 0.05) is 18.2 Å². The van der Waals surface area contributed by atoms with Gasteiger partial charge in [0.25, 0.3) is 0 Å². The predicted molar refractivity (Wildman–Crippen MR) is 116 cm³/mol. The first kappa shape index (κ1) is 18.3. The Kier molecular flexibility index (Phi) is 4.69. The van der Waals surface area contributed by atoms with Gasteiger partial charge < -0.3 is 10.8 Å². The first-order valence-electron chi connectivity index (χ1n) is 9.02. The minimum absolute atomic E-state index is 0.624. The van der Waals surface area contributed by atoms with Gasteiger partial charge in [-0.3, -0.25) is 4.79 Å². The predicted octanol–water partition coefficient (Wildman–Crippen LogP) is 4.94. The van der Waals surface area contributed by atoms with E-state index in [1.165, 1.54) is 11.9 Å². The fourth-order valence-electron chi connectivity index (χ4n) is 3.32.